The van der Waals surface area contributed by atoms with Crippen LogP contribution in [0.3, 0.4) is 0 Å². The molecule has 0 spiro atoms. The van der Waals surface area contributed by atoms with E-state index in [1.54, 1.807) is 42.5 Å². The van der Waals surface area contributed by atoms with Crippen molar-refractivity contribution in [2.45, 2.75) is 0 Å². The lowest BCUT2D eigenvalue weighted by Crippen LogP contribution is -2.25. The number of hydrogen-bond acceptors (Lipinski definition) is 6. The highest BCUT2D eigenvalue weighted by Gasteiger charge is 2.33. The minimum absolute atomic E-state index is 0.00385. The first-order valence-corrected chi connectivity index (χ1v) is 10.1. The maximum absolute atomic E-state index is 13.0. The van der Waals surface area contributed by atoms with Gasteiger partial charge in [-0.15, -0.1) is 0 Å². The summed E-state index contributed by atoms with van der Waals surface area (Å²) >= 11 is 3.30. The molecule has 3 aromatic rings. The van der Waals surface area contributed by atoms with E-state index >= 15 is 0 Å². The molecule has 154 valence electrons. The van der Waals surface area contributed by atoms with Crippen molar-refractivity contribution in [3.63, 3.8) is 0 Å². The first kappa shape index (κ1) is 20.7. The topological polar surface area (TPSA) is 86.7 Å². The van der Waals surface area contributed by atoms with E-state index in [1.165, 1.54) is 25.3 Å². The summed E-state index contributed by atoms with van der Waals surface area (Å²) in [7, 11) is 1.51. The zero-order chi connectivity index (χ0) is 22.1. The van der Waals surface area contributed by atoms with Gasteiger partial charge < -0.3 is 9.47 Å². The van der Waals surface area contributed by atoms with Gasteiger partial charge in [0.1, 0.15) is 5.75 Å². The van der Waals surface area contributed by atoms with Crippen molar-refractivity contribution in [2.75, 3.05) is 13.7 Å². The molecule has 7 heteroatoms. The molecule has 0 atom stereocenters. The van der Waals surface area contributed by atoms with Gasteiger partial charge in [-0.05, 0) is 40.2 Å². The van der Waals surface area contributed by atoms with Crippen LogP contribution in [0.1, 0.15) is 52.6 Å². The number of fused-ring (bicyclic) bond motifs is 2. The van der Waals surface area contributed by atoms with Crippen LogP contribution in [0.25, 0.3) is 0 Å². The molecule has 0 fully saturated rings. The number of benzene rings is 3. The monoisotopic (exact) mass is 478 g/mol. The number of hydrogen-bond donors (Lipinski definition) is 0. The SMILES string of the molecule is COc1ccc(C(=O)COC(=O)c2cccc3c2C(=O)c2ccccc2C3=O)cc1Br. The Bertz CT molecular complexity index is 1260. The largest absolute Gasteiger partial charge is 0.496 e. The average molecular weight is 479 g/mol. The molecule has 0 saturated heterocycles. The molecular formula is C24H15BrO6. The highest BCUT2D eigenvalue weighted by molar-refractivity contribution is 9.10. The van der Waals surface area contributed by atoms with Gasteiger partial charge in [0, 0.05) is 27.8 Å². The molecule has 0 bridgehead atoms. The van der Waals surface area contributed by atoms with Crippen LogP contribution >= 0.6 is 15.9 Å². The van der Waals surface area contributed by atoms with Crippen molar-refractivity contribution < 1.29 is 28.7 Å². The van der Waals surface area contributed by atoms with E-state index in [0.717, 1.165) is 0 Å². The van der Waals surface area contributed by atoms with Crippen LogP contribution in [0.5, 0.6) is 5.75 Å². The smallest absolute Gasteiger partial charge is 0.339 e. The van der Waals surface area contributed by atoms with Crippen molar-refractivity contribution in [3.05, 3.63) is 98.5 Å². The van der Waals surface area contributed by atoms with Gasteiger partial charge in [0.15, 0.2) is 24.0 Å². The normalized spacial score (nSPS) is 12.1. The number of halogens is 1. The number of rotatable bonds is 5. The molecule has 0 radical (unpaired) electrons. The standard InChI is InChI=1S/C24H15BrO6/c1-30-20-10-9-13(11-18(20)25)19(26)12-31-24(29)17-8-4-7-16-21(17)23(28)15-6-3-2-5-14(15)22(16)27/h2-11H,12H2,1H3. The summed E-state index contributed by atoms with van der Waals surface area (Å²) in [6.45, 7) is -0.514. The lowest BCUT2D eigenvalue weighted by molar-refractivity contribution is 0.0472. The van der Waals surface area contributed by atoms with Crippen LogP contribution in [0.15, 0.2) is 65.1 Å². The summed E-state index contributed by atoms with van der Waals surface area (Å²) in [4.78, 5) is 50.9. The first-order valence-electron chi connectivity index (χ1n) is 9.27. The molecule has 0 aromatic heterocycles. The Kier molecular flexibility index (Phi) is 5.52. The lowest BCUT2D eigenvalue weighted by atomic mass is 9.82. The van der Waals surface area contributed by atoms with Crippen LogP contribution < -0.4 is 4.74 Å². The predicted octanol–water partition coefficient (Wildman–Crippen LogP) is 4.27. The maximum atomic E-state index is 13.0. The molecule has 0 aliphatic heterocycles. The molecule has 31 heavy (non-hydrogen) atoms. The van der Waals surface area contributed by atoms with E-state index < -0.39 is 24.1 Å². The lowest BCUT2D eigenvalue weighted by Gasteiger charge is -2.19. The van der Waals surface area contributed by atoms with E-state index in [9.17, 15) is 19.2 Å². The molecular weight excluding hydrogens is 464 g/mol. The molecule has 0 amide bonds. The van der Waals surface area contributed by atoms with Gasteiger partial charge in [0.2, 0.25) is 0 Å². The van der Waals surface area contributed by atoms with E-state index in [1.807, 2.05) is 0 Å². The van der Waals surface area contributed by atoms with Crippen LogP contribution in [-0.2, 0) is 4.74 Å². The van der Waals surface area contributed by atoms with Crippen molar-refractivity contribution >= 4 is 39.2 Å². The van der Waals surface area contributed by atoms with Gasteiger partial charge in [-0.25, -0.2) is 4.79 Å². The Hall–Kier alpha value is -3.58. The molecule has 6 nitrogen and oxygen atoms in total. The van der Waals surface area contributed by atoms with Crippen molar-refractivity contribution in [1.29, 1.82) is 0 Å². The molecule has 4 rings (SSSR count). The summed E-state index contributed by atoms with van der Waals surface area (Å²) < 4.78 is 10.9. The zero-order valence-electron chi connectivity index (χ0n) is 16.3. The van der Waals surface area contributed by atoms with Crippen LogP contribution in [0.2, 0.25) is 0 Å². The molecule has 0 N–H and O–H groups in total. The number of ether oxygens (including phenoxy) is 2. The quantitative estimate of drug-likeness (QED) is 0.314. The van der Waals surface area contributed by atoms with Crippen molar-refractivity contribution in [3.8, 4) is 5.75 Å². The molecule has 0 saturated carbocycles. The number of carbonyl (C=O) groups is 4. The number of Topliss-reactive ketones (excluding diaryl/α,β-unsaturated/α-hetero) is 1. The van der Waals surface area contributed by atoms with E-state index in [0.29, 0.717) is 21.3 Å². The highest BCUT2D eigenvalue weighted by Crippen LogP contribution is 2.30. The maximum Gasteiger partial charge on any atom is 0.339 e. The predicted molar refractivity (Wildman–Crippen MR) is 115 cm³/mol. The number of ketones is 3. The molecule has 3 aromatic carbocycles. The minimum atomic E-state index is -0.849. The van der Waals surface area contributed by atoms with Gasteiger partial charge in [-0.1, -0.05) is 36.4 Å². The highest BCUT2D eigenvalue weighted by atomic mass is 79.9. The Morgan fingerprint density at radius 1 is 0.871 bits per heavy atom. The van der Waals surface area contributed by atoms with Crippen LogP contribution in [0, 0.1) is 0 Å². The summed E-state index contributed by atoms with van der Waals surface area (Å²) in [5.74, 6) is -1.47. The Morgan fingerprint density at radius 2 is 1.55 bits per heavy atom. The third kappa shape index (κ3) is 3.68. The fourth-order valence-corrected chi connectivity index (χ4v) is 3.99. The Morgan fingerprint density at radius 3 is 2.23 bits per heavy atom. The summed E-state index contributed by atoms with van der Waals surface area (Å²) in [5, 5.41) is 0. The number of carbonyl (C=O) groups excluding carboxylic acids is 4. The fraction of sp³-hybridized carbons (Fsp3) is 0.0833. The van der Waals surface area contributed by atoms with Gasteiger partial charge in [0.05, 0.1) is 17.1 Å². The second-order valence-electron chi connectivity index (χ2n) is 6.78. The third-order valence-electron chi connectivity index (χ3n) is 4.98. The summed E-state index contributed by atoms with van der Waals surface area (Å²) in [5.41, 5.74) is 0.953. The molecule has 0 unspecified atom stereocenters. The fourth-order valence-electron chi connectivity index (χ4n) is 3.45. The average Bonchev–Trinajstić information content (AvgIpc) is 2.80. The van der Waals surface area contributed by atoms with Crippen LogP contribution in [0.4, 0.5) is 0 Å². The number of methoxy groups -OCH3 is 1. The van der Waals surface area contributed by atoms with Gasteiger partial charge in [0.25, 0.3) is 0 Å². The van der Waals surface area contributed by atoms with Gasteiger partial charge in [-0.3, -0.25) is 14.4 Å². The molecule has 0 heterocycles. The van der Waals surface area contributed by atoms with Crippen LogP contribution in [-0.4, -0.2) is 37.0 Å². The van der Waals surface area contributed by atoms with Gasteiger partial charge >= 0.3 is 5.97 Å². The first-order chi connectivity index (χ1) is 14.9. The molecule has 1 aliphatic rings. The van der Waals surface area contributed by atoms with Crippen molar-refractivity contribution in [2.24, 2.45) is 0 Å². The Balaban J connectivity index is 1.58. The Labute approximate surface area is 185 Å². The molecule has 1 aliphatic carbocycles. The summed E-state index contributed by atoms with van der Waals surface area (Å²) in [6.07, 6.45) is 0. The second-order valence-corrected chi connectivity index (χ2v) is 7.63. The summed E-state index contributed by atoms with van der Waals surface area (Å²) in [6, 6.07) is 15.6. The van der Waals surface area contributed by atoms with E-state index in [-0.39, 0.29) is 28.0 Å². The minimum Gasteiger partial charge on any atom is -0.496 e. The second kappa shape index (κ2) is 8.28. The van der Waals surface area contributed by atoms with E-state index in [2.05, 4.69) is 15.9 Å². The van der Waals surface area contributed by atoms with E-state index in [4.69, 9.17) is 9.47 Å². The third-order valence-corrected chi connectivity index (χ3v) is 5.60. The van der Waals surface area contributed by atoms with Gasteiger partial charge in [-0.2, -0.15) is 0 Å². The number of esters is 1. The zero-order valence-corrected chi connectivity index (χ0v) is 17.9. The van der Waals surface area contributed by atoms with Crippen molar-refractivity contribution in [1.82, 2.24) is 0 Å².